The second kappa shape index (κ2) is 5.87. The smallest absolute Gasteiger partial charge is 0.321 e. The molecule has 0 saturated carbocycles. The second-order valence-corrected chi connectivity index (χ2v) is 4.53. The molecule has 0 aliphatic heterocycles. The first-order valence-corrected chi connectivity index (χ1v) is 6.54. The number of carbonyl (C=O) groups excluding carboxylic acids is 2. The quantitative estimate of drug-likeness (QED) is 0.476. The summed E-state index contributed by atoms with van der Waals surface area (Å²) in [5, 5.41) is 0. The molecule has 1 aromatic carbocycles. The first kappa shape index (κ1) is 13.6. The Kier molecular flexibility index (Phi) is 4.20. The van der Waals surface area contributed by atoms with Crippen molar-refractivity contribution in [3.8, 4) is 5.75 Å². The van der Waals surface area contributed by atoms with Gasteiger partial charge < -0.3 is 9.47 Å². The van der Waals surface area contributed by atoms with Gasteiger partial charge in [-0.15, -0.1) is 0 Å². The lowest BCUT2D eigenvalue weighted by atomic mass is 9.91. The number of Topliss-reactive ketones (excluding diaryl/α,β-unsaturated/α-hetero) is 1. The highest BCUT2D eigenvalue weighted by Gasteiger charge is 2.34. The number of rotatable bonds is 3. The Balaban J connectivity index is 2.49. The minimum absolute atomic E-state index is 0.0644. The van der Waals surface area contributed by atoms with Gasteiger partial charge in [-0.3, -0.25) is 9.59 Å². The summed E-state index contributed by atoms with van der Waals surface area (Å²) in [6, 6.07) is 5.49. The fourth-order valence-electron chi connectivity index (χ4n) is 2.55. The Morgan fingerprint density at radius 2 is 2.16 bits per heavy atom. The van der Waals surface area contributed by atoms with Gasteiger partial charge in [0.2, 0.25) is 0 Å². The van der Waals surface area contributed by atoms with Gasteiger partial charge in [0, 0.05) is 6.42 Å². The van der Waals surface area contributed by atoms with Crippen molar-refractivity contribution in [3.05, 3.63) is 29.3 Å². The molecular formula is C15H18O4. The van der Waals surface area contributed by atoms with E-state index in [1.807, 2.05) is 18.2 Å². The van der Waals surface area contributed by atoms with Gasteiger partial charge in [0.15, 0.2) is 5.78 Å². The molecule has 0 saturated heterocycles. The third-order valence-corrected chi connectivity index (χ3v) is 3.39. The third-order valence-electron chi connectivity index (χ3n) is 3.39. The minimum atomic E-state index is -0.799. The van der Waals surface area contributed by atoms with E-state index in [1.54, 1.807) is 14.0 Å². The molecule has 0 N–H and O–H groups in total. The van der Waals surface area contributed by atoms with E-state index in [0.717, 1.165) is 29.7 Å². The van der Waals surface area contributed by atoms with Crippen LogP contribution in [0, 0.1) is 0 Å². The molecule has 0 fully saturated rings. The lowest BCUT2D eigenvalue weighted by Gasteiger charge is -2.17. The summed E-state index contributed by atoms with van der Waals surface area (Å²) in [5.41, 5.74) is 1.69. The van der Waals surface area contributed by atoms with E-state index in [9.17, 15) is 9.59 Å². The molecule has 102 valence electrons. The Morgan fingerprint density at radius 3 is 2.84 bits per heavy atom. The van der Waals surface area contributed by atoms with Crippen LogP contribution in [0.25, 0.3) is 0 Å². The summed E-state index contributed by atoms with van der Waals surface area (Å²) in [5.74, 6) is -0.580. The highest BCUT2D eigenvalue weighted by molar-refractivity contribution is 6.05. The molecule has 0 radical (unpaired) electrons. The number of fused-ring (bicyclic) bond motifs is 1. The molecule has 1 aliphatic carbocycles. The maximum atomic E-state index is 12.2. The van der Waals surface area contributed by atoms with Gasteiger partial charge in [-0.2, -0.15) is 0 Å². The van der Waals surface area contributed by atoms with Crippen LogP contribution in [0.3, 0.4) is 0 Å². The maximum absolute atomic E-state index is 12.2. The molecule has 0 unspecified atom stereocenters. The van der Waals surface area contributed by atoms with Crippen molar-refractivity contribution < 1.29 is 19.1 Å². The van der Waals surface area contributed by atoms with Crippen LogP contribution in [0.5, 0.6) is 5.75 Å². The summed E-state index contributed by atoms with van der Waals surface area (Å²) in [4.78, 5) is 24.2. The fraction of sp³-hybridized carbons (Fsp3) is 0.467. The highest BCUT2D eigenvalue weighted by Crippen LogP contribution is 2.34. The van der Waals surface area contributed by atoms with Gasteiger partial charge in [0.05, 0.1) is 13.7 Å². The van der Waals surface area contributed by atoms with Crippen molar-refractivity contribution in [2.45, 2.75) is 32.1 Å². The average Bonchev–Trinajstić information content (AvgIpc) is 2.56. The number of esters is 1. The molecular weight excluding hydrogens is 244 g/mol. The molecule has 2 rings (SSSR count). The first-order valence-electron chi connectivity index (χ1n) is 6.54. The van der Waals surface area contributed by atoms with Gasteiger partial charge in [-0.25, -0.2) is 0 Å². The molecule has 0 aromatic heterocycles. The zero-order chi connectivity index (χ0) is 13.8. The van der Waals surface area contributed by atoms with Crippen molar-refractivity contribution in [2.24, 2.45) is 0 Å². The minimum Gasteiger partial charge on any atom is -0.496 e. The van der Waals surface area contributed by atoms with Crippen LogP contribution in [-0.2, 0) is 20.7 Å². The monoisotopic (exact) mass is 262 g/mol. The van der Waals surface area contributed by atoms with E-state index < -0.39 is 11.9 Å². The lowest BCUT2D eigenvalue weighted by molar-refractivity contribution is -0.147. The Bertz CT molecular complexity index is 493. The van der Waals surface area contributed by atoms with Crippen molar-refractivity contribution >= 4 is 11.8 Å². The van der Waals surface area contributed by atoms with Crippen molar-refractivity contribution in [3.63, 3.8) is 0 Å². The zero-order valence-electron chi connectivity index (χ0n) is 11.3. The van der Waals surface area contributed by atoms with Crippen LogP contribution in [0.4, 0.5) is 0 Å². The van der Waals surface area contributed by atoms with E-state index >= 15 is 0 Å². The van der Waals surface area contributed by atoms with Crippen LogP contribution >= 0.6 is 0 Å². The molecule has 4 heteroatoms. The number of carbonyl (C=O) groups is 2. The molecule has 0 heterocycles. The number of hydrogen-bond acceptors (Lipinski definition) is 4. The summed E-state index contributed by atoms with van der Waals surface area (Å²) in [6.07, 6.45) is 1.89. The molecule has 1 atom stereocenters. The van der Waals surface area contributed by atoms with Gasteiger partial charge >= 0.3 is 5.97 Å². The van der Waals surface area contributed by atoms with E-state index in [2.05, 4.69) is 0 Å². The Morgan fingerprint density at radius 1 is 1.37 bits per heavy atom. The SMILES string of the molecule is CCOC(=O)[C@H]1C(=O)CCCc2c(OC)cccc21. The maximum Gasteiger partial charge on any atom is 0.321 e. The van der Waals surface area contributed by atoms with Gasteiger partial charge in [-0.1, -0.05) is 12.1 Å². The highest BCUT2D eigenvalue weighted by atomic mass is 16.5. The fourth-order valence-corrected chi connectivity index (χ4v) is 2.55. The lowest BCUT2D eigenvalue weighted by Crippen LogP contribution is -2.23. The zero-order valence-corrected chi connectivity index (χ0v) is 11.3. The molecule has 0 amide bonds. The van der Waals surface area contributed by atoms with Gasteiger partial charge in [0.1, 0.15) is 11.7 Å². The summed E-state index contributed by atoms with van der Waals surface area (Å²) in [6.45, 7) is 2.02. The van der Waals surface area contributed by atoms with E-state index in [0.29, 0.717) is 6.42 Å². The van der Waals surface area contributed by atoms with Gasteiger partial charge in [0.25, 0.3) is 0 Å². The van der Waals surface area contributed by atoms with E-state index in [-0.39, 0.29) is 12.4 Å². The Hall–Kier alpha value is -1.84. The third kappa shape index (κ3) is 2.62. The molecule has 0 spiro atoms. The van der Waals surface area contributed by atoms with Crippen LogP contribution in [0.15, 0.2) is 18.2 Å². The van der Waals surface area contributed by atoms with Crippen molar-refractivity contribution in [1.82, 2.24) is 0 Å². The normalized spacial score (nSPS) is 18.4. The first-order chi connectivity index (χ1) is 9.19. The number of ketones is 1. The molecule has 1 aromatic rings. The summed E-state index contributed by atoms with van der Waals surface area (Å²) < 4.78 is 10.4. The van der Waals surface area contributed by atoms with Crippen LogP contribution in [-0.4, -0.2) is 25.5 Å². The number of hydrogen-bond donors (Lipinski definition) is 0. The molecule has 1 aliphatic rings. The molecule has 4 nitrogen and oxygen atoms in total. The van der Waals surface area contributed by atoms with Crippen LogP contribution < -0.4 is 4.74 Å². The Labute approximate surface area is 112 Å². The van der Waals surface area contributed by atoms with E-state index in [4.69, 9.17) is 9.47 Å². The van der Waals surface area contributed by atoms with E-state index in [1.165, 1.54) is 0 Å². The summed E-state index contributed by atoms with van der Waals surface area (Å²) in [7, 11) is 1.60. The molecule has 0 bridgehead atoms. The number of benzene rings is 1. The number of methoxy groups -OCH3 is 1. The van der Waals surface area contributed by atoms with Gasteiger partial charge in [-0.05, 0) is 37.0 Å². The van der Waals surface area contributed by atoms with Crippen molar-refractivity contribution in [1.29, 1.82) is 0 Å². The predicted octanol–water partition coefficient (Wildman–Crippen LogP) is 2.25. The van der Waals surface area contributed by atoms with Crippen molar-refractivity contribution in [2.75, 3.05) is 13.7 Å². The average molecular weight is 262 g/mol. The largest absolute Gasteiger partial charge is 0.496 e. The molecule has 19 heavy (non-hydrogen) atoms. The van der Waals surface area contributed by atoms with Crippen LogP contribution in [0.1, 0.15) is 36.8 Å². The second-order valence-electron chi connectivity index (χ2n) is 4.53. The topological polar surface area (TPSA) is 52.6 Å². The number of ether oxygens (including phenoxy) is 2. The standard InChI is InChI=1S/C15H18O4/c1-3-19-15(17)14-11-7-5-9-13(18-2)10(11)6-4-8-12(14)16/h5,7,9,14H,3-4,6,8H2,1-2H3/t14-/m1/s1. The van der Waals surface area contributed by atoms with Crippen LogP contribution in [0.2, 0.25) is 0 Å². The summed E-state index contributed by atoms with van der Waals surface area (Å²) >= 11 is 0. The predicted molar refractivity (Wildman–Crippen MR) is 70.3 cm³/mol.